The van der Waals surface area contributed by atoms with E-state index in [1.165, 1.54) is 81.8 Å². The first kappa shape index (κ1) is 32.2. The number of hydrogen-bond acceptors (Lipinski definition) is 3. The summed E-state index contributed by atoms with van der Waals surface area (Å²) in [4.78, 5) is 15.2. The summed E-state index contributed by atoms with van der Waals surface area (Å²) in [7, 11) is 0. The highest BCUT2D eigenvalue weighted by Crippen LogP contribution is 2.53. The van der Waals surface area contributed by atoms with Crippen molar-refractivity contribution in [1.29, 1.82) is 0 Å². The van der Waals surface area contributed by atoms with Gasteiger partial charge in [-0.15, -0.1) is 0 Å². The van der Waals surface area contributed by atoms with E-state index in [1.54, 1.807) is 0 Å². The van der Waals surface area contributed by atoms with Crippen molar-refractivity contribution < 1.29 is 0 Å². The molecule has 0 unspecified atom stereocenters. The molecule has 1 aliphatic carbocycles. The summed E-state index contributed by atoms with van der Waals surface area (Å²) in [5.41, 5.74) is 11.4. The predicted molar refractivity (Wildman–Crippen MR) is 245 cm³/mol. The Morgan fingerprint density at radius 2 is 0.814 bits per heavy atom. The number of fused-ring (bicyclic) bond motifs is 9. The van der Waals surface area contributed by atoms with Crippen LogP contribution in [0.1, 0.15) is 0 Å². The molecule has 12 aromatic rings. The third-order valence-electron chi connectivity index (χ3n) is 12.3. The predicted octanol–water partition coefficient (Wildman–Crippen LogP) is 14.2. The van der Waals surface area contributed by atoms with Crippen molar-refractivity contribution in [2.24, 2.45) is 0 Å². The van der Waals surface area contributed by atoms with Crippen molar-refractivity contribution in [3.8, 4) is 62.1 Å². The largest absolute Gasteiger partial charge is 0.309 e. The van der Waals surface area contributed by atoms with Gasteiger partial charge in [-0.05, 0) is 108 Å². The minimum Gasteiger partial charge on any atom is -0.309 e. The number of nitrogens with zero attached hydrogens (tertiary/aromatic N) is 4. The average Bonchev–Trinajstić information content (AvgIpc) is 3.59. The molecule has 0 aliphatic heterocycles. The van der Waals surface area contributed by atoms with Gasteiger partial charge in [0.15, 0.2) is 17.5 Å². The first-order valence-corrected chi connectivity index (χ1v) is 20.1. The van der Waals surface area contributed by atoms with Crippen LogP contribution in [0, 0.1) is 0 Å². The fraction of sp³-hybridized carbons (Fsp3) is 0. The van der Waals surface area contributed by atoms with Crippen LogP contribution in [-0.4, -0.2) is 19.5 Å². The van der Waals surface area contributed by atoms with Gasteiger partial charge in [0, 0.05) is 33.2 Å². The van der Waals surface area contributed by atoms with Crippen LogP contribution in [0.5, 0.6) is 0 Å². The van der Waals surface area contributed by atoms with Crippen LogP contribution < -0.4 is 0 Å². The molecule has 0 radical (unpaired) electrons. The molecule has 2 aromatic heterocycles. The lowest BCUT2D eigenvalue weighted by Crippen LogP contribution is -2.00. The summed E-state index contributed by atoms with van der Waals surface area (Å²) < 4.78 is 2.44. The van der Waals surface area contributed by atoms with Crippen LogP contribution in [0.15, 0.2) is 194 Å². The van der Waals surface area contributed by atoms with Gasteiger partial charge in [-0.3, -0.25) is 0 Å². The van der Waals surface area contributed by atoms with Crippen molar-refractivity contribution in [2.75, 3.05) is 0 Å². The molecule has 0 saturated heterocycles. The zero-order valence-electron chi connectivity index (χ0n) is 31.8. The van der Waals surface area contributed by atoms with Crippen LogP contribution >= 0.6 is 0 Å². The summed E-state index contributed by atoms with van der Waals surface area (Å²) in [5.74, 6) is 1.94. The minimum absolute atomic E-state index is 0.638. The molecule has 0 amide bonds. The molecule has 59 heavy (non-hydrogen) atoms. The topological polar surface area (TPSA) is 43.6 Å². The summed E-state index contributed by atoms with van der Waals surface area (Å²) >= 11 is 0. The number of aromatic nitrogens is 4. The molecule has 0 spiro atoms. The number of hydrogen-bond donors (Lipinski definition) is 0. The maximum absolute atomic E-state index is 5.10. The van der Waals surface area contributed by atoms with Crippen LogP contribution in [0.25, 0.3) is 127 Å². The Hall–Kier alpha value is -7.95. The van der Waals surface area contributed by atoms with E-state index in [1.807, 2.05) is 18.2 Å². The summed E-state index contributed by atoms with van der Waals surface area (Å²) in [6.07, 6.45) is 0. The van der Waals surface area contributed by atoms with E-state index in [4.69, 9.17) is 15.0 Å². The van der Waals surface area contributed by atoms with Crippen molar-refractivity contribution in [1.82, 2.24) is 19.5 Å². The molecule has 13 rings (SSSR count). The molecule has 0 fully saturated rings. The smallest absolute Gasteiger partial charge is 0.164 e. The lowest BCUT2D eigenvalue weighted by molar-refractivity contribution is 1.07. The average molecular weight is 749 g/mol. The minimum atomic E-state index is 0.638. The fourth-order valence-electron chi connectivity index (χ4n) is 9.76. The molecule has 272 valence electrons. The lowest BCUT2D eigenvalue weighted by atomic mass is 9.84. The Kier molecular flexibility index (Phi) is 6.69. The van der Waals surface area contributed by atoms with Crippen molar-refractivity contribution in [3.05, 3.63) is 194 Å². The molecular formula is C55H32N4. The van der Waals surface area contributed by atoms with Gasteiger partial charge in [-0.1, -0.05) is 152 Å². The zero-order chi connectivity index (χ0) is 38.6. The molecule has 4 heteroatoms. The monoisotopic (exact) mass is 748 g/mol. The Balaban J connectivity index is 1.03. The molecule has 0 N–H and O–H groups in total. The van der Waals surface area contributed by atoms with Gasteiger partial charge in [0.2, 0.25) is 0 Å². The first-order valence-electron chi connectivity index (χ1n) is 20.1. The second kappa shape index (κ2) is 12.3. The highest BCUT2D eigenvalue weighted by atomic mass is 15.0. The van der Waals surface area contributed by atoms with Crippen molar-refractivity contribution >= 4 is 64.9 Å². The highest BCUT2D eigenvalue weighted by molar-refractivity contribution is 6.35. The maximum Gasteiger partial charge on any atom is 0.164 e. The van der Waals surface area contributed by atoms with E-state index in [2.05, 4.69) is 180 Å². The Morgan fingerprint density at radius 1 is 0.305 bits per heavy atom. The first-order chi connectivity index (χ1) is 29.3. The van der Waals surface area contributed by atoms with Gasteiger partial charge in [0.1, 0.15) is 0 Å². The summed E-state index contributed by atoms with van der Waals surface area (Å²) in [6.45, 7) is 0. The van der Waals surface area contributed by atoms with E-state index < -0.39 is 0 Å². The van der Waals surface area contributed by atoms with E-state index >= 15 is 0 Å². The molecule has 10 aromatic carbocycles. The molecule has 0 bridgehead atoms. The second-order valence-electron chi connectivity index (χ2n) is 15.5. The quantitative estimate of drug-likeness (QED) is 0.168. The summed E-state index contributed by atoms with van der Waals surface area (Å²) in [6, 6.07) is 69.8. The van der Waals surface area contributed by atoms with E-state index in [9.17, 15) is 0 Å². The SMILES string of the molecule is c1ccc(-c2nc(-c3ccc(-n4c5cccc6c5c5c7c(cccc7ccc54)-c4c-6c5ccccc5c5ccccc45)cc3)nc(-c3ccc4ccccc4c3)n2)cc1. The third kappa shape index (κ3) is 4.69. The van der Waals surface area contributed by atoms with E-state index in [0.29, 0.717) is 17.5 Å². The maximum atomic E-state index is 5.10. The number of benzene rings is 10. The number of rotatable bonds is 4. The summed E-state index contributed by atoms with van der Waals surface area (Å²) in [5, 5.41) is 12.6. The van der Waals surface area contributed by atoms with Gasteiger partial charge >= 0.3 is 0 Å². The van der Waals surface area contributed by atoms with Crippen molar-refractivity contribution in [2.45, 2.75) is 0 Å². The molecule has 0 atom stereocenters. The Labute approximate surface area is 339 Å². The van der Waals surface area contributed by atoms with Gasteiger partial charge in [0.05, 0.1) is 11.0 Å². The third-order valence-corrected chi connectivity index (χ3v) is 12.3. The molecule has 1 aliphatic rings. The fourth-order valence-corrected chi connectivity index (χ4v) is 9.76. The van der Waals surface area contributed by atoms with Gasteiger partial charge in [-0.2, -0.15) is 0 Å². The van der Waals surface area contributed by atoms with Gasteiger partial charge in [-0.25, -0.2) is 15.0 Å². The molecular weight excluding hydrogens is 717 g/mol. The standard InChI is InChI=1S/C55H32N4/c1-2-13-35(14-3-1)53-56-54(58-55(57-53)38-25-24-33-12-4-5-15-37(33)32-38)36-26-29-39(30-27-36)59-46-23-11-22-45-50-43-20-9-7-18-41(43)40-17-6-8-19-42(40)49(50)44-21-10-16-34-28-31-47(59)52(48(34)44)51(45)46/h1-32H. The Bertz CT molecular complexity index is 3710. The van der Waals surface area contributed by atoms with Gasteiger partial charge in [0.25, 0.3) is 0 Å². The van der Waals surface area contributed by atoms with Gasteiger partial charge < -0.3 is 4.57 Å². The molecule has 2 heterocycles. The normalized spacial score (nSPS) is 12.1. The van der Waals surface area contributed by atoms with Crippen LogP contribution in [0.4, 0.5) is 0 Å². The van der Waals surface area contributed by atoms with E-state index in [-0.39, 0.29) is 0 Å². The lowest BCUT2D eigenvalue weighted by Gasteiger charge is -2.19. The highest BCUT2D eigenvalue weighted by Gasteiger charge is 2.28. The molecule has 4 nitrogen and oxygen atoms in total. The van der Waals surface area contributed by atoms with Crippen LogP contribution in [0.2, 0.25) is 0 Å². The van der Waals surface area contributed by atoms with Crippen LogP contribution in [0.3, 0.4) is 0 Å². The second-order valence-corrected chi connectivity index (χ2v) is 15.5. The zero-order valence-corrected chi connectivity index (χ0v) is 31.8. The van der Waals surface area contributed by atoms with Crippen LogP contribution in [-0.2, 0) is 0 Å². The Morgan fingerprint density at radius 3 is 1.53 bits per heavy atom. The molecule has 0 saturated carbocycles. The van der Waals surface area contributed by atoms with Crippen molar-refractivity contribution in [3.63, 3.8) is 0 Å². The van der Waals surface area contributed by atoms with E-state index in [0.717, 1.165) is 27.8 Å².